The van der Waals surface area contributed by atoms with Crippen molar-refractivity contribution in [3.05, 3.63) is 71.8 Å². The predicted octanol–water partition coefficient (Wildman–Crippen LogP) is 4.01. The van der Waals surface area contributed by atoms with Crippen molar-refractivity contribution >= 4 is 30.6 Å². The number of benzene rings is 2. The summed E-state index contributed by atoms with van der Waals surface area (Å²) in [4.78, 5) is 40.1. The number of carbonyl (C=O) groups is 3. The average molecular weight is 1180 g/mol. The lowest BCUT2D eigenvalue weighted by Crippen LogP contribution is -2.54. The highest BCUT2D eigenvalue weighted by molar-refractivity contribution is 5.85. The van der Waals surface area contributed by atoms with E-state index in [1.807, 2.05) is 57.2 Å². The van der Waals surface area contributed by atoms with Crippen LogP contribution in [0.2, 0.25) is 0 Å². The first-order valence-corrected chi connectivity index (χ1v) is 27.4. The van der Waals surface area contributed by atoms with Crippen LogP contribution in [-0.4, -0.2) is 259 Å². The van der Waals surface area contributed by atoms with Gasteiger partial charge in [-0.05, 0) is 71.9 Å². The van der Waals surface area contributed by atoms with Crippen LogP contribution >= 0.6 is 12.4 Å². The first-order valence-electron chi connectivity index (χ1n) is 27.4. The quantitative estimate of drug-likeness (QED) is 0.109. The Bertz CT molecular complexity index is 1920. The number of nitrogens with one attached hydrogen (secondary N) is 1. The Labute approximate surface area is 487 Å². The lowest BCUT2D eigenvalue weighted by molar-refractivity contribution is -0.166. The molecule has 4 aliphatic heterocycles. The molecule has 23 nitrogen and oxygen atoms in total. The first kappa shape index (κ1) is 75.2. The summed E-state index contributed by atoms with van der Waals surface area (Å²) in [5.74, 6) is -1.10. The Balaban J connectivity index is 0.000000510. The van der Waals surface area contributed by atoms with Gasteiger partial charge in [-0.1, -0.05) is 60.7 Å². The summed E-state index contributed by atoms with van der Waals surface area (Å²) in [6.45, 7) is 17.8. The number of hydrogen-bond acceptors (Lipinski definition) is 20. The zero-order chi connectivity index (χ0) is 59.5. The van der Waals surface area contributed by atoms with E-state index >= 15 is 0 Å². The number of aliphatic hydroxyl groups is 4. The third-order valence-corrected chi connectivity index (χ3v) is 11.9. The maximum Gasteiger partial charge on any atom is 0.410 e. The largest absolute Gasteiger partial charge is 0.479 e. The second kappa shape index (κ2) is 42.0. The van der Waals surface area contributed by atoms with Crippen LogP contribution in [0.5, 0.6) is 0 Å². The van der Waals surface area contributed by atoms with Crippen molar-refractivity contribution < 1.29 is 92.0 Å². The van der Waals surface area contributed by atoms with Gasteiger partial charge in [0.05, 0.1) is 128 Å². The number of morpholine rings is 3. The van der Waals surface area contributed by atoms with Crippen LogP contribution in [0.1, 0.15) is 71.9 Å². The molecule has 4 heterocycles. The van der Waals surface area contributed by atoms with Crippen LogP contribution in [0.25, 0.3) is 0 Å². The van der Waals surface area contributed by atoms with Crippen LogP contribution in [-0.2, 0) is 70.0 Å². The van der Waals surface area contributed by atoms with E-state index in [2.05, 4.69) is 34.5 Å². The summed E-state index contributed by atoms with van der Waals surface area (Å²) in [6.07, 6.45) is -0.117. The molecule has 4 saturated heterocycles. The molecule has 468 valence electrons. The highest BCUT2D eigenvalue weighted by atomic mass is 35.5. The number of carboxylic acid groups (broad SMARTS) is 1. The Hall–Kier alpha value is -3.86. The first-order chi connectivity index (χ1) is 38.1. The molecule has 2 aromatic carbocycles. The minimum Gasteiger partial charge on any atom is -0.479 e. The number of halogens is 1. The third kappa shape index (κ3) is 33.9. The topological polar surface area (TPSA) is 276 Å². The number of rotatable bonds is 20. The van der Waals surface area contributed by atoms with E-state index in [1.165, 1.54) is 23.1 Å². The molecule has 6 rings (SSSR count). The molecule has 4 aliphatic rings. The van der Waals surface area contributed by atoms with Crippen molar-refractivity contribution in [2.24, 2.45) is 0 Å². The molecule has 0 saturated carbocycles. The molecular formula is C57H99ClN4O19. The summed E-state index contributed by atoms with van der Waals surface area (Å²) in [6, 6.07) is 20.5. The Morgan fingerprint density at radius 1 is 0.568 bits per heavy atom. The second-order valence-corrected chi connectivity index (χ2v) is 21.7. The van der Waals surface area contributed by atoms with Crippen molar-refractivity contribution in [1.82, 2.24) is 20.0 Å². The average Bonchev–Trinajstić information content (AvgIpc) is 3.44. The summed E-state index contributed by atoms with van der Waals surface area (Å²) in [5.41, 5.74) is 1.36. The van der Waals surface area contributed by atoms with Gasteiger partial charge in [-0.3, -0.25) is 4.90 Å². The fourth-order valence-electron chi connectivity index (χ4n) is 8.52. The van der Waals surface area contributed by atoms with Crippen molar-refractivity contribution in [3.63, 3.8) is 0 Å². The number of methoxy groups -OCH3 is 5. The van der Waals surface area contributed by atoms with Gasteiger partial charge in [-0.2, -0.15) is 0 Å². The number of aliphatic carboxylic acids is 1. The highest BCUT2D eigenvalue weighted by Gasteiger charge is 2.37. The molecule has 6 N–H and O–H groups in total. The zero-order valence-corrected chi connectivity index (χ0v) is 50.6. The monoisotopic (exact) mass is 1180 g/mol. The molecule has 0 aliphatic carbocycles. The molecule has 81 heavy (non-hydrogen) atoms. The van der Waals surface area contributed by atoms with E-state index in [0.29, 0.717) is 46.1 Å². The molecular weight excluding hydrogens is 1080 g/mol. The van der Waals surface area contributed by atoms with Gasteiger partial charge in [-0.15, -0.1) is 12.4 Å². The number of nitrogens with zero attached hydrogens (tertiary/aromatic N) is 3. The standard InChI is InChI=1S/C14H21NO3.C12H21NO6.C12H23NO5.C11H17NO2.C8H16O3.ClH/c1-17-11-14-9-15(8-13(10-16)18-14)7-12-5-3-2-4-6-12;1-12(2,3)19-11(16)13-5-8(7-17-4)18-9(6-13)10(14)15;1-12(2,3)18-11(15)13-5-9(7-14)17-10(6-13)8-16-4;1-14-9-11(13)8-12-7-10-5-3-2-4-6-10;1-10-6-8-4-2-3-7(5-9)11-8;/h2-6,13-14,16H,7-11H2,1H3;8-9H,5-7H2,1-4H3,(H,14,15);9-10,14H,5-8H2,1-4H3;2-6,11-13H,7-9H2,1H3;7-9H,2-6H2,1H3;1H/t13-,14+;8-,9+;9-,10+;11-;7-,8+;/m10101./s1. The third-order valence-electron chi connectivity index (χ3n) is 11.9. The predicted molar refractivity (Wildman–Crippen MR) is 306 cm³/mol. The van der Waals surface area contributed by atoms with Crippen molar-refractivity contribution in [2.75, 3.05) is 134 Å². The minimum absolute atomic E-state index is 0. The molecule has 0 radical (unpaired) electrons. The van der Waals surface area contributed by atoms with Gasteiger partial charge in [0.25, 0.3) is 0 Å². The fraction of sp³-hybridized carbons (Fsp3) is 0.737. The minimum atomic E-state index is -1.10. The Kier molecular flexibility index (Phi) is 39.0. The van der Waals surface area contributed by atoms with E-state index in [9.17, 15) is 24.6 Å². The van der Waals surface area contributed by atoms with E-state index in [4.69, 9.17) is 67.4 Å². The van der Waals surface area contributed by atoms with Crippen molar-refractivity contribution in [3.8, 4) is 0 Å². The van der Waals surface area contributed by atoms with Crippen LogP contribution in [0.4, 0.5) is 9.59 Å². The van der Waals surface area contributed by atoms with E-state index in [0.717, 1.165) is 45.4 Å². The lowest BCUT2D eigenvalue weighted by Gasteiger charge is -2.37. The maximum atomic E-state index is 12.0. The SMILES string of the molecule is COC[C@@H](O)CNCc1ccccc1.COC[C@@H]1CCC[C@H](CO)O1.COC[C@@H]1CN(C(=O)OC(C)(C)C)C[C@H](C(=O)O)O1.COC[C@@H]1CN(C(=O)OC(C)(C)C)C[C@H](CO)O1.COC[C@@H]1CN(Cc2ccccc2)C[C@H](CO)O1.Cl. The molecule has 2 aromatic rings. The molecule has 0 unspecified atom stereocenters. The number of ether oxygens (including phenoxy) is 11. The number of aliphatic hydroxyl groups excluding tert-OH is 4. The van der Waals surface area contributed by atoms with Gasteiger partial charge in [0.15, 0.2) is 6.10 Å². The van der Waals surface area contributed by atoms with Crippen LogP contribution in [0.3, 0.4) is 0 Å². The molecule has 9 atom stereocenters. The Morgan fingerprint density at radius 3 is 1.44 bits per heavy atom. The van der Waals surface area contributed by atoms with Gasteiger partial charge in [-0.25, -0.2) is 14.4 Å². The molecule has 0 bridgehead atoms. The molecule has 4 fully saturated rings. The van der Waals surface area contributed by atoms with Crippen LogP contribution in [0.15, 0.2) is 60.7 Å². The summed E-state index contributed by atoms with van der Waals surface area (Å²) in [5, 5.41) is 48.8. The van der Waals surface area contributed by atoms with E-state index < -0.39 is 41.6 Å². The molecule has 24 heteroatoms. The molecule has 0 spiro atoms. The highest BCUT2D eigenvalue weighted by Crippen LogP contribution is 2.21. The number of amides is 2. The summed E-state index contributed by atoms with van der Waals surface area (Å²) >= 11 is 0. The van der Waals surface area contributed by atoms with Gasteiger partial charge in [0.1, 0.15) is 11.2 Å². The maximum absolute atomic E-state index is 12.0. The van der Waals surface area contributed by atoms with Gasteiger partial charge < -0.3 is 92.8 Å². The summed E-state index contributed by atoms with van der Waals surface area (Å²) < 4.78 is 57.5. The lowest BCUT2D eigenvalue weighted by atomic mass is 10.1. The number of hydrogen-bond donors (Lipinski definition) is 6. The van der Waals surface area contributed by atoms with Gasteiger partial charge >= 0.3 is 18.2 Å². The number of carboxylic acids is 1. The smallest absolute Gasteiger partial charge is 0.410 e. The van der Waals surface area contributed by atoms with Crippen molar-refractivity contribution in [1.29, 1.82) is 0 Å². The Morgan fingerprint density at radius 2 is 0.975 bits per heavy atom. The van der Waals surface area contributed by atoms with E-state index in [1.54, 1.807) is 54.1 Å². The molecule has 0 aromatic heterocycles. The van der Waals surface area contributed by atoms with Crippen molar-refractivity contribution in [2.45, 2.75) is 140 Å². The number of carbonyl (C=O) groups excluding carboxylic acids is 2. The van der Waals surface area contributed by atoms with Crippen LogP contribution in [0, 0.1) is 0 Å². The molecule has 2 amide bonds. The second-order valence-electron chi connectivity index (χ2n) is 21.7. The van der Waals surface area contributed by atoms with E-state index in [-0.39, 0.29) is 94.6 Å². The fourth-order valence-corrected chi connectivity index (χ4v) is 8.52. The van der Waals surface area contributed by atoms with Crippen LogP contribution < -0.4 is 5.32 Å². The van der Waals surface area contributed by atoms with Gasteiger partial charge in [0, 0.05) is 68.3 Å². The normalized spacial score (nSPS) is 23.4. The zero-order valence-electron chi connectivity index (χ0n) is 49.8. The van der Waals surface area contributed by atoms with Gasteiger partial charge in [0.2, 0.25) is 0 Å². The summed E-state index contributed by atoms with van der Waals surface area (Å²) in [7, 11) is 8.00.